The molecule has 0 aliphatic carbocycles. The minimum Gasteiger partial charge on any atom is -0.469 e. The van der Waals surface area contributed by atoms with Gasteiger partial charge in [0, 0.05) is 67.3 Å². The lowest BCUT2D eigenvalue weighted by Crippen LogP contribution is -2.46. The second kappa shape index (κ2) is 12.7. The van der Waals surface area contributed by atoms with Crippen LogP contribution in [0.15, 0.2) is 53.1 Å². The molecule has 5 rings (SSSR count). The molecule has 9 heteroatoms. The number of carbonyl (C=O) groups is 2. The number of anilines is 1. The number of fused-ring (bicyclic) bond motifs is 2. The Morgan fingerprint density at radius 2 is 1.93 bits per heavy atom. The standard InChI is InChI=1S/C31H35N5O4/c1-39-30(37)6-4-11-33-31(38)29-19-24-18-25(8-10-28(24)40-29)36-15-13-35(14-16-36)12-3-2-5-23-21-34-27-9-7-22(20-32)17-26(23)27/h7-10,17-19,21,34H,2-6,11-16H2,1H3,(H,33,38). The number of nitriles is 1. The first-order valence-electron chi connectivity index (χ1n) is 13.9. The summed E-state index contributed by atoms with van der Waals surface area (Å²) in [5, 5.41) is 14.0. The molecule has 0 radical (unpaired) electrons. The topological polar surface area (TPSA) is 115 Å². The van der Waals surface area contributed by atoms with Crippen molar-refractivity contribution < 1.29 is 18.7 Å². The van der Waals surface area contributed by atoms with Crippen LogP contribution in [0.2, 0.25) is 0 Å². The summed E-state index contributed by atoms with van der Waals surface area (Å²) in [5.41, 5.74) is 4.89. The van der Waals surface area contributed by atoms with Crippen LogP contribution in [0.4, 0.5) is 5.69 Å². The molecule has 0 unspecified atom stereocenters. The minimum absolute atomic E-state index is 0.267. The number of carbonyl (C=O) groups excluding carboxylic acids is 2. The molecule has 0 saturated carbocycles. The normalized spacial score (nSPS) is 13.9. The molecular weight excluding hydrogens is 506 g/mol. The molecule has 4 aromatic rings. The summed E-state index contributed by atoms with van der Waals surface area (Å²) in [6.45, 7) is 5.40. The van der Waals surface area contributed by atoms with Crippen molar-refractivity contribution in [3.63, 3.8) is 0 Å². The maximum Gasteiger partial charge on any atom is 0.305 e. The number of H-pyrrole nitrogens is 1. The molecule has 0 atom stereocenters. The summed E-state index contributed by atoms with van der Waals surface area (Å²) >= 11 is 0. The third kappa shape index (κ3) is 6.46. The van der Waals surface area contributed by atoms with E-state index in [4.69, 9.17) is 4.42 Å². The number of aromatic nitrogens is 1. The third-order valence-electron chi connectivity index (χ3n) is 7.60. The lowest BCUT2D eigenvalue weighted by Gasteiger charge is -2.36. The molecule has 40 heavy (non-hydrogen) atoms. The second-order valence-electron chi connectivity index (χ2n) is 10.2. The zero-order valence-corrected chi connectivity index (χ0v) is 22.9. The Kier molecular flexibility index (Phi) is 8.67. The molecule has 1 aliphatic rings. The summed E-state index contributed by atoms with van der Waals surface area (Å²) in [6.07, 6.45) is 6.12. The smallest absolute Gasteiger partial charge is 0.305 e. The van der Waals surface area contributed by atoms with E-state index in [1.54, 1.807) is 6.07 Å². The number of piperazine rings is 1. The molecule has 0 bridgehead atoms. The van der Waals surface area contributed by atoms with Gasteiger partial charge in [-0.1, -0.05) is 0 Å². The largest absolute Gasteiger partial charge is 0.469 e. The minimum atomic E-state index is -0.288. The molecule has 1 aliphatic heterocycles. The average Bonchev–Trinajstić information content (AvgIpc) is 3.61. The summed E-state index contributed by atoms with van der Waals surface area (Å²) in [5.74, 6) is -0.301. The average molecular weight is 542 g/mol. The van der Waals surface area contributed by atoms with E-state index in [0.29, 0.717) is 24.1 Å². The molecule has 2 aromatic heterocycles. The van der Waals surface area contributed by atoms with Crippen LogP contribution < -0.4 is 10.2 Å². The summed E-state index contributed by atoms with van der Waals surface area (Å²) in [6, 6.07) is 15.9. The van der Waals surface area contributed by atoms with E-state index in [2.05, 4.69) is 49.2 Å². The number of aryl methyl sites for hydroxylation is 1. The van der Waals surface area contributed by atoms with Crippen molar-refractivity contribution in [2.24, 2.45) is 0 Å². The number of aromatic amines is 1. The first kappa shape index (κ1) is 27.3. The predicted octanol–water partition coefficient (Wildman–Crippen LogP) is 4.61. The number of rotatable bonds is 11. The Labute approximate surface area is 233 Å². The first-order valence-corrected chi connectivity index (χ1v) is 13.9. The number of hydrogen-bond donors (Lipinski definition) is 2. The van der Waals surface area contributed by atoms with Crippen LogP contribution in [0, 0.1) is 11.3 Å². The Morgan fingerprint density at radius 3 is 2.73 bits per heavy atom. The Hall–Kier alpha value is -4.29. The van der Waals surface area contributed by atoms with Crippen LogP contribution >= 0.6 is 0 Å². The van der Waals surface area contributed by atoms with Crippen LogP contribution in [0.25, 0.3) is 21.9 Å². The summed E-state index contributed by atoms with van der Waals surface area (Å²) < 4.78 is 10.4. The molecule has 1 fully saturated rings. The zero-order chi connectivity index (χ0) is 27.9. The van der Waals surface area contributed by atoms with Gasteiger partial charge in [-0.2, -0.15) is 5.26 Å². The zero-order valence-electron chi connectivity index (χ0n) is 22.9. The Bertz CT molecular complexity index is 1520. The summed E-state index contributed by atoms with van der Waals surface area (Å²) in [7, 11) is 1.35. The van der Waals surface area contributed by atoms with Gasteiger partial charge in [0.1, 0.15) is 5.58 Å². The van der Waals surface area contributed by atoms with E-state index >= 15 is 0 Å². The molecule has 0 spiro atoms. The van der Waals surface area contributed by atoms with Gasteiger partial charge >= 0.3 is 5.97 Å². The lowest BCUT2D eigenvalue weighted by molar-refractivity contribution is -0.140. The molecule has 1 saturated heterocycles. The van der Waals surface area contributed by atoms with Crippen LogP contribution in [0.5, 0.6) is 0 Å². The number of amides is 1. The maximum absolute atomic E-state index is 12.5. The van der Waals surface area contributed by atoms with Gasteiger partial charge in [-0.15, -0.1) is 0 Å². The van der Waals surface area contributed by atoms with Gasteiger partial charge in [-0.25, -0.2) is 0 Å². The fourth-order valence-corrected chi connectivity index (χ4v) is 5.30. The third-order valence-corrected chi connectivity index (χ3v) is 7.60. The number of nitrogens with zero attached hydrogens (tertiary/aromatic N) is 3. The highest BCUT2D eigenvalue weighted by Crippen LogP contribution is 2.26. The van der Waals surface area contributed by atoms with Crippen molar-refractivity contribution in [1.29, 1.82) is 5.26 Å². The van der Waals surface area contributed by atoms with Crippen molar-refractivity contribution in [1.82, 2.24) is 15.2 Å². The molecule has 1 amide bonds. The highest BCUT2D eigenvalue weighted by atomic mass is 16.5. The predicted molar refractivity (Wildman–Crippen MR) is 154 cm³/mol. The van der Waals surface area contributed by atoms with Crippen molar-refractivity contribution in [3.8, 4) is 6.07 Å². The van der Waals surface area contributed by atoms with Gasteiger partial charge in [0.05, 0.1) is 18.7 Å². The van der Waals surface area contributed by atoms with Crippen LogP contribution in [0.3, 0.4) is 0 Å². The first-order chi connectivity index (χ1) is 19.5. The van der Waals surface area contributed by atoms with E-state index in [9.17, 15) is 14.9 Å². The van der Waals surface area contributed by atoms with Crippen LogP contribution in [-0.2, 0) is 16.0 Å². The van der Waals surface area contributed by atoms with E-state index < -0.39 is 0 Å². The highest BCUT2D eigenvalue weighted by Gasteiger charge is 2.19. The van der Waals surface area contributed by atoms with Crippen LogP contribution in [-0.4, -0.2) is 68.1 Å². The second-order valence-corrected chi connectivity index (χ2v) is 10.2. The van der Waals surface area contributed by atoms with E-state index in [0.717, 1.165) is 74.0 Å². The van der Waals surface area contributed by atoms with Gasteiger partial charge in [0.25, 0.3) is 5.91 Å². The fourth-order valence-electron chi connectivity index (χ4n) is 5.30. The lowest BCUT2D eigenvalue weighted by atomic mass is 10.1. The number of methoxy groups -OCH3 is 1. The number of furan rings is 1. The molecule has 208 valence electrons. The van der Waals surface area contributed by atoms with Crippen molar-refractivity contribution >= 4 is 39.4 Å². The molecule has 2 N–H and O–H groups in total. The maximum atomic E-state index is 12.5. The fraction of sp³-hybridized carbons (Fsp3) is 0.387. The molecule has 3 heterocycles. The van der Waals surface area contributed by atoms with Gasteiger partial charge in [-0.3, -0.25) is 14.5 Å². The number of nitrogens with one attached hydrogen (secondary N) is 2. The van der Waals surface area contributed by atoms with Crippen molar-refractivity contribution in [3.05, 3.63) is 65.5 Å². The van der Waals surface area contributed by atoms with Gasteiger partial charge in [0.15, 0.2) is 5.76 Å². The van der Waals surface area contributed by atoms with Crippen molar-refractivity contribution in [2.75, 3.05) is 51.3 Å². The number of hydrogen-bond acceptors (Lipinski definition) is 7. The monoisotopic (exact) mass is 541 g/mol. The number of benzene rings is 2. The number of unbranched alkanes of at least 4 members (excludes halogenated alkanes) is 1. The van der Waals surface area contributed by atoms with E-state index in [1.165, 1.54) is 12.7 Å². The van der Waals surface area contributed by atoms with Crippen LogP contribution in [0.1, 0.15) is 47.4 Å². The molecular formula is C31H35N5O4. The van der Waals surface area contributed by atoms with Crippen molar-refractivity contribution in [2.45, 2.75) is 32.1 Å². The quantitative estimate of drug-likeness (QED) is 0.210. The molecule has 9 nitrogen and oxygen atoms in total. The Morgan fingerprint density at radius 1 is 1.07 bits per heavy atom. The number of esters is 1. The van der Waals surface area contributed by atoms with Gasteiger partial charge in [0.2, 0.25) is 0 Å². The van der Waals surface area contributed by atoms with E-state index in [-0.39, 0.29) is 24.1 Å². The Balaban J connectivity index is 1.07. The van der Waals surface area contributed by atoms with Gasteiger partial charge < -0.3 is 24.4 Å². The molecule has 2 aromatic carbocycles. The highest BCUT2D eigenvalue weighted by molar-refractivity contribution is 5.96. The van der Waals surface area contributed by atoms with Gasteiger partial charge in [-0.05, 0) is 80.3 Å². The van der Waals surface area contributed by atoms with E-state index in [1.807, 2.05) is 24.3 Å². The SMILES string of the molecule is COC(=O)CCCNC(=O)c1cc2cc(N3CCN(CCCCc4c[nH]c5ccc(C#N)cc45)CC3)ccc2o1. The number of ether oxygens (including phenoxy) is 1. The summed E-state index contributed by atoms with van der Waals surface area (Å²) in [4.78, 5) is 31.9.